The normalized spacial score (nSPS) is 15.4. The molecule has 1 saturated heterocycles. The summed E-state index contributed by atoms with van der Waals surface area (Å²) in [6.45, 7) is 3.17. The van der Waals surface area contributed by atoms with Crippen LogP contribution in [0.15, 0.2) is 42.5 Å². The summed E-state index contributed by atoms with van der Waals surface area (Å²) in [6, 6.07) is 13.9. The number of likely N-dealkylation sites (tertiary alicyclic amines) is 1. The molecule has 0 aliphatic carbocycles. The third-order valence-corrected chi connectivity index (χ3v) is 5.87. The summed E-state index contributed by atoms with van der Waals surface area (Å²) < 4.78 is 0. The number of carbonyl (C=O) groups is 1. The largest absolute Gasteiger partial charge is 0.378 e. The fourth-order valence-corrected chi connectivity index (χ4v) is 3.96. The highest BCUT2D eigenvalue weighted by Gasteiger charge is 2.25. The molecule has 1 aliphatic heterocycles. The minimum Gasteiger partial charge on any atom is -0.378 e. The number of nitrogens with zero attached hydrogens (tertiary/aromatic N) is 2. The van der Waals surface area contributed by atoms with E-state index in [0.29, 0.717) is 16.6 Å². The van der Waals surface area contributed by atoms with Gasteiger partial charge >= 0.3 is 0 Å². The van der Waals surface area contributed by atoms with Crippen molar-refractivity contribution in [1.82, 2.24) is 10.2 Å². The van der Waals surface area contributed by atoms with E-state index in [4.69, 9.17) is 23.2 Å². The second kappa shape index (κ2) is 9.64. The number of piperidine rings is 1. The van der Waals surface area contributed by atoms with Crippen LogP contribution in [0.2, 0.25) is 10.0 Å². The molecule has 0 unspecified atom stereocenters. The van der Waals surface area contributed by atoms with Crippen molar-refractivity contribution >= 4 is 34.8 Å². The van der Waals surface area contributed by atoms with Gasteiger partial charge in [0.1, 0.15) is 0 Å². The van der Waals surface area contributed by atoms with E-state index in [1.54, 1.807) is 6.07 Å². The third kappa shape index (κ3) is 5.63. The number of anilines is 1. The molecule has 0 spiro atoms. The lowest BCUT2D eigenvalue weighted by Gasteiger charge is -2.31. The van der Waals surface area contributed by atoms with Gasteiger partial charge in [0.25, 0.3) is 0 Å². The number of nitrogens with one attached hydrogen (secondary N) is 1. The third-order valence-electron chi connectivity index (χ3n) is 5.29. The van der Waals surface area contributed by atoms with Crippen molar-refractivity contribution in [2.24, 2.45) is 5.92 Å². The van der Waals surface area contributed by atoms with Crippen molar-refractivity contribution in [2.45, 2.75) is 25.9 Å². The first-order valence-corrected chi connectivity index (χ1v) is 10.4. The predicted molar refractivity (Wildman–Crippen MR) is 117 cm³/mol. The summed E-state index contributed by atoms with van der Waals surface area (Å²) in [6.07, 6.45) is 1.74. The summed E-state index contributed by atoms with van der Waals surface area (Å²) in [5, 5.41) is 4.45. The summed E-state index contributed by atoms with van der Waals surface area (Å²) in [5.41, 5.74) is 3.35. The van der Waals surface area contributed by atoms with Gasteiger partial charge in [-0.05, 0) is 61.3 Å². The van der Waals surface area contributed by atoms with Crippen LogP contribution in [0, 0.1) is 5.92 Å². The van der Waals surface area contributed by atoms with Gasteiger partial charge in [-0.25, -0.2) is 0 Å². The Morgan fingerprint density at radius 2 is 1.79 bits per heavy atom. The second-order valence-corrected chi connectivity index (χ2v) is 8.41. The first-order chi connectivity index (χ1) is 13.4. The van der Waals surface area contributed by atoms with Gasteiger partial charge in [0, 0.05) is 48.8 Å². The van der Waals surface area contributed by atoms with Crippen LogP contribution in [-0.4, -0.2) is 38.0 Å². The lowest BCUT2D eigenvalue weighted by molar-refractivity contribution is -0.126. The zero-order valence-electron chi connectivity index (χ0n) is 16.4. The molecule has 1 N–H and O–H groups in total. The minimum absolute atomic E-state index is 0.0815. The van der Waals surface area contributed by atoms with E-state index < -0.39 is 0 Å². The Morgan fingerprint density at radius 1 is 1.11 bits per heavy atom. The topological polar surface area (TPSA) is 35.6 Å². The Balaban J connectivity index is 1.44. The van der Waals surface area contributed by atoms with Gasteiger partial charge in [-0.1, -0.05) is 41.4 Å². The smallest absolute Gasteiger partial charge is 0.223 e. The Hall–Kier alpha value is -1.75. The molecule has 0 atom stereocenters. The molecule has 0 bridgehead atoms. The van der Waals surface area contributed by atoms with Gasteiger partial charge in [0.15, 0.2) is 0 Å². The molecule has 0 aromatic heterocycles. The van der Waals surface area contributed by atoms with E-state index in [1.165, 1.54) is 0 Å². The number of hydrogen-bond donors (Lipinski definition) is 1. The van der Waals surface area contributed by atoms with Gasteiger partial charge < -0.3 is 10.2 Å². The number of amides is 1. The summed E-state index contributed by atoms with van der Waals surface area (Å²) >= 11 is 12.2. The summed E-state index contributed by atoms with van der Waals surface area (Å²) in [7, 11) is 4.04. The van der Waals surface area contributed by atoms with Crippen molar-refractivity contribution in [2.75, 3.05) is 32.1 Å². The molecule has 1 fully saturated rings. The number of hydrogen-bond acceptors (Lipinski definition) is 3. The lowest BCUT2D eigenvalue weighted by Crippen LogP contribution is -2.40. The molecule has 6 heteroatoms. The second-order valence-electron chi connectivity index (χ2n) is 7.56. The average molecular weight is 420 g/mol. The van der Waals surface area contributed by atoms with Crippen LogP contribution < -0.4 is 10.2 Å². The van der Waals surface area contributed by atoms with Crippen LogP contribution >= 0.6 is 23.2 Å². The van der Waals surface area contributed by atoms with Crippen LogP contribution in [0.1, 0.15) is 24.0 Å². The summed E-state index contributed by atoms with van der Waals surface area (Å²) in [4.78, 5) is 16.9. The Bertz CT molecular complexity index is 800. The maximum absolute atomic E-state index is 12.5. The lowest BCUT2D eigenvalue weighted by atomic mass is 9.95. The molecule has 4 nitrogen and oxygen atoms in total. The van der Waals surface area contributed by atoms with Crippen LogP contribution in [0.3, 0.4) is 0 Å². The molecule has 2 aromatic rings. The average Bonchev–Trinajstić information content (AvgIpc) is 2.69. The van der Waals surface area contributed by atoms with Crippen LogP contribution in [0.25, 0.3) is 0 Å². The number of halogens is 2. The van der Waals surface area contributed by atoms with Gasteiger partial charge in [-0.3, -0.25) is 9.69 Å². The van der Waals surface area contributed by atoms with E-state index in [0.717, 1.165) is 49.3 Å². The molecule has 3 rings (SSSR count). The molecule has 28 heavy (non-hydrogen) atoms. The predicted octanol–water partition coefficient (Wildman–Crippen LogP) is 4.59. The number of carbonyl (C=O) groups excluding carboxylic acids is 1. The molecule has 0 radical (unpaired) electrons. The Morgan fingerprint density at radius 3 is 2.39 bits per heavy atom. The van der Waals surface area contributed by atoms with Gasteiger partial charge in [-0.15, -0.1) is 0 Å². The van der Waals surface area contributed by atoms with Crippen molar-refractivity contribution < 1.29 is 4.79 Å². The van der Waals surface area contributed by atoms with E-state index in [1.807, 2.05) is 26.2 Å². The fourth-order valence-electron chi connectivity index (χ4n) is 3.49. The van der Waals surface area contributed by atoms with Crippen molar-refractivity contribution in [3.8, 4) is 0 Å². The van der Waals surface area contributed by atoms with Crippen LogP contribution in [-0.2, 0) is 17.9 Å². The molecule has 1 amide bonds. The van der Waals surface area contributed by atoms with Gasteiger partial charge in [-0.2, -0.15) is 0 Å². The highest BCUT2D eigenvalue weighted by molar-refractivity contribution is 6.35. The highest BCUT2D eigenvalue weighted by atomic mass is 35.5. The SMILES string of the molecule is CN(C)c1ccc(CNC(=O)C2CCN(Cc3ccc(Cl)cc3Cl)CC2)cc1. The van der Waals surface area contributed by atoms with E-state index in [2.05, 4.69) is 39.4 Å². The summed E-state index contributed by atoms with van der Waals surface area (Å²) in [5.74, 6) is 0.235. The first kappa shape index (κ1) is 21.0. The number of benzene rings is 2. The zero-order valence-corrected chi connectivity index (χ0v) is 17.9. The molecule has 1 aliphatic rings. The maximum atomic E-state index is 12.5. The monoisotopic (exact) mass is 419 g/mol. The molecule has 150 valence electrons. The molecular formula is C22H27Cl2N3O. The fraction of sp³-hybridized carbons (Fsp3) is 0.409. The van der Waals surface area contributed by atoms with Crippen molar-refractivity contribution in [3.63, 3.8) is 0 Å². The first-order valence-electron chi connectivity index (χ1n) is 9.62. The Kier molecular flexibility index (Phi) is 7.22. The van der Waals surface area contributed by atoms with Crippen LogP contribution in [0.4, 0.5) is 5.69 Å². The van der Waals surface area contributed by atoms with E-state index >= 15 is 0 Å². The van der Waals surface area contributed by atoms with Crippen LogP contribution in [0.5, 0.6) is 0 Å². The van der Waals surface area contributed by atoms with Gasteiger partial charge in [0.05, 0.1) is 0 Å². The molecule has 0 saturated carbocycles. The minimum atomic E-state index is 0.0815. The standard InChI is InChI=1S/C22H27Cl2N3O/c1-26(2)20-7-3-16(4-8-20)14-25-22(28)17-9-11-27(12-10-17)15-18-5-6-19(23)13-21(18)24/h3-8,13,17H,9-12,14-15H2,1-2H3,(H,25,28). The highest BCUT2D eigenvalue weighted by Crippen LogP contribution is 2.25. The van der Waals surface area contributed by atoms with Gasteiger partial charge in [0.2, 0.25) is 5.91 Å². The zero-order chi connectivity index (χ0) is 20.1. The van der Waals surface area contributed by atoms with E-state index in [-0.39, 0.29) is 11.8 Å². The molecule has 2 aromatic carbocycles. The Labute approximate surface area is 177 Å². The molecular weight excluding hydrogens is 393 g/mol. The quantitative estimate of drug-likeness (QED) is 0.743. The van der Waals surface area contributed by atoms with E-state index in [9.17, 15) is 4.79 Å². The number of rotatable bonds is 6. The van der Waals surface area contributed by atoms with Crippen molar-refractivity contribution in [1.29, 1.82) is 0 Å². The molecule has 1 heterocycles. The maximum Gasteiger partial charge on any atom is 0.223 e. The van der Waals surface area contributed by atoms with Crippen molar-refractivity contribution in [3.05, 3.63) is 63.6 Å².